The number of nitrogens with zero attached hydrogens (tertiary/aromatic N) is 2. The average Bonchev–Trinajstić information content (AvgIpc) is 2.81. The average molecular weight is 249 g/mol. The van der Waals surface area contributed by atoms with Crippen molar-refractivity contribution in [3.05, 3.63) is 35.1 Å². The van der Waals surface area contributed by atoms with Crippen LogP contribution in [0.5, 0.6) is 0 Å². The van der Waals surface area contributed by atoms with Crippen molar-refractivity contribution in [2.75, 3.05) is 10.7 Å². The molecular formula is C10H11N5OS. The molecule has 2 aromatic rings. The number of aryl methyl sites for hydroxylation is 1. The number of nitrogens with one attached hydrogen (secondary N) is 2. The molecule has 1 amide bonds. The lowest BCUT2D eigenvalue weighted by Crippen LogP contribution is -2.17. The summed E-state index contributed by atoms with van der Waals surface area (Å²) in [6, 6.07) is 1.71. The van der Waals surface area contributed by atoms with E-state index in [1.807, 2.05) is 6.92 Å². The molecule has 17 heavy (non-hydrogen) atoms. The molecule has 0 aliphatic heterocycles. The number of aromatic nitrogens is 2. The lowest BCUT2D eigenvalue weighted by Gasteiger charge is -2.08. The van der Waals surface area contributed by atoms with Gasteiger partial charge in [0, 0.05) is 23.5 Å². The summed E-state index contributed by atoms with van der Waals surface area (Å²) in [6.45, 7) is 1.82. The van der Waals surface area contributed by atoms with Gasteiger partial charge in [-0.25, -0.2) is 4.98 Å². The second-order valence-corrected chi connectivity index (χ2v) is 4.20. The molecule has 0 unspecified atom stereocenters. The first-order chi connectivity index (χ1) is 8.20. The van der Waals surface area contributed by atoms with Crippen molar-refractivity contribution in [3.8, 4) is 0 Å². The second kappa shape index (κ2) is 4.89. The predicted octanol–water partition coefficient (Wildman–Crippen LogP) is 1.38. The van der Waals surface area contributed by atoms with E-state index < -0.39 is 0 Å². The zero-order valence-electron chi connectivity index (χ0n) is 9.10. The van der Waals surface area contributed by atoms with Crippen LogP contribution in [-0.2, 0) is 0 Å². The molecule has 4 N–H and O–H groups in total. The molecule has 0 saturated heterocycles. The number of hydrazine groups is 1. The summed E-state index contributed by atoms with van der Waals surface area (Å²) in [5.74, 6) is 5.07. The van der Waals surface area contributed by atoms with Crippen LogP contribution < -0.4 is 16.6 Å². The molecule has 0 aliphatic carbocycles. The Labute approximate surface area is 102 Å². The lowest BCUT2D eigenvalue weighted by molar-refractivity contribution is 0.102. The van der Waals surface area contributed by atoms with E-state index in [0.717, 1.165) is 5.69 Å². The third-order valence-electron chi connectivity index (χ3n) is 2.09. The Balaban J connectivity index is 2.24. The molecule has 0 aliphatic rings. The van der Waals surface area contributed by atoms with Crippen LogP contribution in [0.15, 0.2) is 23.8 Å². The van der Waals surface area contributed by atoms with Gasteiger partial charge in [0.05, 0.1) is 11.3 Å². The summed E-state index contributed by atoms with van der Waals surface area (Å²) in [4.78, 5) is 20.0. The molecule has 7 heteroatoms. The number of carbonyl (C=O) groups excluding carboxylic acids is 1. The van der Waals surface area contributed by atoms with Crippen molar-refractivity contribution >= 4 is 28.1 Å². The summed E-state index contributed by atoms with van der Waals surface area (Å²) in [5.41, 5.74) is 4.18. The number of pyridine rings is 1. The first-order valence-corrected chi connectivity index (χ1v) is 5.73. The van der Waals surface area contributed by atoms with E-state index >= 15 is 0 Å². The largest absolute Gasteiger partial charge is 0.323 e. The normalized spacial score (nSPS) is 10.0. The van der Waals surface area contributed by atoms with Crippen molar-refractivity contribution in [1.82, 2.24) is 9.97 Å². The number of thiazole rings is 1. The topological polar surface area (TPSA) is 92.9 Å². The van der Waals surface area contributed by atoms with Gasteiger partial charge in [-0.05, 0) is 13.0 Å². The van der Waals surface area contributed by atoms with E-state index in [0.29, 0.717) is 16.4 Å². The molecule has 6 nitrogen and oxygen atoms in total. The van der Waals surface area contributed by atoms with E-state index in [9.17, 15) is 4.79 Å². The smallest absolute Gasteiger partial charge is 0.261 e. The maximum Gasteiger partial charge on any atom is 0.261 e. The fraction of sp³-hybridized carbons (Fsp3) is 0.100. The number of rotatable bonds is 3. The lowest BCUT2D eigenvalue weighted by atomic mass is 10.2. The summed E-state index contributed by atoms with van der Waals surface area (Å²) in [7, 11) is 0. The Morgan fingerprint density at radius 2 is 2.29 bits per heavy atom. The minimum Gasteiger partial charge on any atom is -0.323 e. The standard InChI is InChI=1S/C10H11N5OS/c1-6-4-8(15-11)7(5-13-6)9(16)14-10-12-2-3-17-10/h2-5H,11H2,1H3,(H,13,15)(H,12,14,16). The maximum absolute atomic E-state index is 11.9. The number of carbonyl (C=O) groups is 1. The molecular weight excluding hydrogens is 238 g/mol. The Kier molecular flexibility index (Phi) is 3.31. The van der Waals surface area contributed by atoms with Crippen LogP contribution in [0, 0.1) is 6.92 Å². The van der Waals surface area contributed by atoms with Gasteiger partial charge in [0.25, 0.3) is 5.91 Å². The van der Waals surface area contributed by atoms with Gasteiger partial charge in [0.1, 0.15) is 0 Å². The summed E-state index contributed by atoms with van der Waals surface area (Å²) in [6.07, 6.45) is 3.10. The number of amides is 1. The van der Waals surface area contributed by atoms with Gasteiger partial charge >= 0.3 is 0 Å². The monoisotopic (exact) mass is 249 g/mol. The molecule has 0 bridgehead atoms. The fourth-order valence-corrected chi connectivity index (χ4v) is 1.83. The third kappa shape index (κ3) is 2.58. The van der Waals surface area contributed by atoms with Gasteiger partial charge in [0.15, 0.2) is 5.13 Å². The molecule has 2 rings (SSSR count). The third-order valence-corrected chi connectivity index (χ3v) is 2.78. The van der Waals surface area contributed by atoms with Gasteiger partial charge < -0.3 is 5.43 Å². The molecule has 0 atom stereocenters. The molecule has 0 aromatic carbocycles. The number of hydrogen-bond acceptors (Lipinski definition) is 6. The Hall–Kier alpha value is -1.99. The van der Waals surface area contributed by atoms with Crippen molar-refractivity contribution < 1.29 is 4.79 Å². The highest BCUT2D eigenvalue weighted by Gasteiger charge is 2.12. The molecule has 2 heterocycles. The minimum absolute atomic E-state index is 0.291. The molecule has 2 aromatic heterocycles. The van der Waals surface area contributed by atoms with E-state index in [-0.39, 0.29) is 5.91 Å². The quantitative estimate of drug-likeness (QED) is 0.564. The van der Waals surface area contributed by atoms with Crippen LogP contribution in [0.4, 0.5) is 10.8 Å². The molecule has 0 spiro atoms. The zero-order valence-corrected chi connectivity index (χ0v) is 9.91. The van der Waals surface area contributed by atoms with E-state index in [4.69, 9.17) is 5.84 Å². The van der Waals surface area contributed by atoms with Crippen molar-refractivity contribution in [1.29, 1.82) is 0 Å². The highest BCUT2D eigenvalue weighted by molar-refractivity contribution is 7.13. The van der Waals surface area contributed by atoms with Gasteiger partial charge in [-0.2, -0.15) is 0 Å². The first kappa shape index (κ1) is 11.5. The van der Waals surface area contributed by atoms with Crippen LogP contribution in [0.25, 0.3) is 0 Å². The molecule has 0 radical (unpaired) electrons. The number of nitrogen functional groups attached to an aromatic ring is 1. The van der Waals surface area contributed by atoms with Crippen molar-refractivity contribution in [2.24, 2.45) is 5.84 Å². The summed E-state index contributed by atoms with van der Waals surface area (Å²) in [5, 5.41) is 4.99. The van der Waals surface area contributed by atoms with E-state index in [1.54, 1.807) is 17.6 Å². The van der Waals surface area contributed by atoms with Crippen molar-refractivity contribution in [2.45, 2.75) is 6.92 Å². The number of anilines is 2. The van der Waals surface area contributed by atoms with Gasteiger partial charge in [-0.1, -0.05) is 0 Å². The highest BCUT2D eigenvalue weighted by Crippen LogP contribution is 2.17. The Morgan fingerprint density at radius 3 is 2.94 bits per heavy atom. The summed E-state index contributed by atoms with van der Waals surface area (Å²) < 4.78 is 0. The van der Waals surface area contributed by atoms with Crippen LogP contribution >= 0.6 is 11.3 Å². The highest BCUT2D eigenvalue weighted by atomic mass is 32.1. The fourth-order valence-electron chi connectivity index (χ4n) is 1.31. The number of nitrogens with two attached hydrogens (primary N) is 1. The van der Waals surface area contributed by atoms with Crippen LogP contribution in [0.2, 0.25) is 0 Å². The number of hydrogen-bond donors (Lipinski definition) is 3. The summed E-state index contributed by atoms with van der Waals surface area (Å²) >= 11 is 1.35. The Morgan fingerprint density at radius 1 is 1.47 bits per heavy atom. The molecule has 0 fully saturated rings. The Bertz CT molecular complexity index is 525. The maximum atomic E-state index is 11.9. The van der Waals surface area contributed by atoms with E-state index in [1.165, 1.54) is 17.5 Å². The van der Waals surface area contributed by atoms with Crippen LogP contribution in [0.3, 0.4) is 0 Å². The molecule has 0 saturated carbocycles. The molecule has 88 valence electrons. The van der Waals surface area contributed by atoms with Gasteiger partial charge in [0.2, 0.25) is 0 Å². The van der Waals surface area contributed by atoms with Crippen LogP contribution in [-0.4, -0.2) is 15.9 Å². The van der Waals surface area contributed by atoms with Gasteiger partial charge in [-0.3, -0.25) is 20.9 Å². The predicted molar refractivity (Wildman–Crippen MR) is 66.9 cm³/mol. The minimum atomic E-state index is -0.291. The zero-order chi connectivity index (χ0) is 12.3. The second-order valence-electron chi connectivity index (χ2n) is 3.31. The van der Waals surface area contributed by atoms with Crippen LogP contribution in [0.1, 0.15) is 16.1 Å². The van der Waals surface area contributed by atoms with Crippen molar-refractivity contribution in [3.63, 3.8) is 0 Å². The van der Waals surface area contributed by atoms with E-state index in [2.05, 4.69) is 20.7 Å². The SMILES string of the molecule is Cc1cc(NN)c(C(=O)Nc2nccs2)cn1. The van der Waals surface area contributed by atoms with Gasteiger partial charge in [-0.15, -0.1) is 11.3 Å². The first-order valence-electron chi connectivity index (χ1n) is 4.85.